The summed E-state index contributed by atoms with van der Waals surface area (Å²) in [7, 11) is 1.65. The minimum absolute atomic E-state index is 0.161. The molecule has 0 saturated heterocycles. The average molecular weight is 484 g/mol. The van der Waals surface area contributed by atoms with E-state index in [0.29, 0.717) is 52.5 Å². The van der Waals surface area contributed by atoms with E-state index in [1.54, 1.807) is 32.4 Å². The Morgan fingerprint density at radius 3 is 2.68 bits per heavy atom. The van der Waals surface area contributed by atoms with Crippen LogP contribution in [0.2, 0.25) is 0 Å². The molecule has 0 radical (unpaired) electrons. The van der Waals surface area contributed by atoms with Crippen LogP contribution in [0.15, 0.2) is 18.2 Å². The van der Waals surface area contributed by atoms with Gasteiger partial charge in [0, 0.05) is 35.8 Å². The van der Waals surface area contributed by atoms with Crippen molar-refractivity contribution in [1.29, 1.82) is 0 Å². The Morgan fingerprint density at radius 2 is 1.97 bits per heavy atom. The highest BCUT2D eigenvalue weighted by molar-refractivity contribution is 7.15. The van der Waals surface area contributed by atoms with Gasteiger partial charge >= 0.3 is 0 Å². The molecule has 34 heavy (non-hydrogen) atoms. The van der Waals surface area contributed by atoms with Gasteiger partial charge in [-0.15, -0.1) is 11.3 Å². The molecule has 1 aromatic carbocycles. The van der Waals surface area contributed by atoms with E-state index < -0.39 is 17.6 Å². The second kappa shape index (κ2) is 9.02. The maximum Gasteiger partial charge on any atom is 0.294 e. The van der Waals surface area contributed by atoms with Crippen molar-refractivity contribution in [2.24, 2.45) is 7.05 Å². The molecule has 10 heteroatoms. The number of anilines is 2. The number of benzene rings is 1. The number of Topliss-reactive ketones (excluding diaryl/α,β-unsaturated/α-hetero) is 1. The number of carbonyl (C=O) groups excluding carboxylic acids is 3. The molecular weight excluding hydrogens is 457 g/mol. The molecule has 3 aromatic rings. The SMILES string of the molecule is Cc1cc(NC(=O)c2c(C)c(C(=O)C(=O)N[C@H]3CCc4nc(N)sc4C3)n(C)c2C)ccc1F. The Hall–Kier alpha value is -3.53. The molecule has 0 fully saturated rings. The first-order chi connectivity index (χ1) is 16.1. The van der Waals surface area contributed by atoms with E-state index in [1.807, 2.05) is 0 Å². The molecule has 1 aliphatic carbocycles. The number of rotatable bonds is 5. The van der Waals surface area contributed by atoms with Crippen molar-refractivity contribution in [1.82, 2.24) is 14.9 Å². The summed E-state index contributed by atoms with van der Waals surface area (Å²) in [6, 6.07) is 4.10. The number of carbonyl (C=O) groups is 3. The van der Waals surface area contributed by atoms with E-state index in [4.69, 9.17) is 5.73 Å². The Labute approximate surface area is 200 Å². The number of nitrogens with one attached hydrogen (secondary N) is 2. The monoisotopic (exact) mass is 483 g/mol. The van der Waals surface area contributed by atoms with Crippen molar-refractivity contribution in [2.75, 3.05) is 11.1 Å². The first-order valence-corrected chi connectivity index (χ1v) is 11.7. The van der Waals surface area contributed by atoms with Crippen LogP contribution in [-0.4, -0.2) is 33.2 Å². The Balaban J connectivity index is 1.52. The standard InChI is InChI=1S/C24H26FN5O3S/c1-11-9-14(5-7-16(11)25)27-22(32)19-12(2)20(30(4)13(19)3)21(31)23(33)28-15-6-8-17-18(10-15)34-24(26)29-17/h5,7,9,15H,6,8,10H2,1-4H3,(H2,26,29)(H,27,32)(H,28,33)/t15-/m0/s1. The number of thiazole rings is 1. The second-order valence-electron chi connectivity index (χ2n) is 8.58. The van der Waals surface area contributed by atoms with Gasteiger partial charge < -0.3 is 20.9 Å². The van der Waals surface area contributed by atoms with Crippen LogP contribution in [0, 0.1) is 26.6 Å². The number of hydrogen-bond donors (Lipinski definition) is 3. The van der Waals surface area contributed by atoms with Crippen LogP contribution in [-0.2, 0) is 24.7 Å². The fourth-order valence-corrected chi connectivity index (χ4v) is 5.38. The lowest BCUT2D eigenvalue weighted by Crippen LogP contribution is -2.42. The Bertz CT molecular complexity index is 1330. The third-order valence-corrected chi connectivity index (χ3v) is 7.24. The van der Waals surface area contributed by atoms with Gasteiger partial charge in [-0.05, 0) is 62.9 Å². The average Bonchev–Trinajstić information content (AvgIpc) is 3.25. The van der Waals surface area contributed by atoms with E-state index in [9.17, 15) is 18.8 Å². The van der Waals surface area contributed by atoms with E-state index in [-0.39, 0.29) is 17.6 Å². The third-order valence-electron chi connectivity index (χ3n) is 6.29. The number of ketones is 1. The Morgan fingerprint density at radius 1 is 1.24 bits per heavy atom. The van der Waals surface area contributed by atoms with Crippen LogP contribution in [0.3, 0.4) is 0 Å². The molecule has 8 nitrogen and oxygen atoms in total. The number of fused-ring (bicyclic) bond motifs is 1. The number of nitrogens with zero attached hydrogens (tertiary/aromatic N) is 2. The number of nitrogens with two attached hydrogens (primary N) is 1. The molecule has 4 rings (SSSR count). The molecule has 2 amide bonds. The second-order valence-corrected chi connectivity index (χ2v) is 9.69. The zero-order valence-corrected chi connectivity index (χ0v) is 20.2. The molecule has 0 aliphatic heterocycles. The van der Waals surface area contributed by atoms with Crippen LogP contribution in [0.25, 0.3) is 0 Å². The van der Waals surface area contributed by atoms with Gasteiger partial charge in [-0.1, -0.05) is 0 Å². The van der Waals surface area contributed by atoms with Gasteiger partial charge in [-0.2, -0.15) is 0 Å². The van der Waals surface area contributed by atoms with Crippen LogP contribution in [0.5, 0.6) is 0 Å². The van der Waals surface area contributed by atoms with Gasteiger partial charge in [0.2, 0.25) is 0 Å². The number of halogens is 1. The van der Waals surface area contributed by atoms with Crippen molar-refractivity contribution >= 4 is 39.8 Å². The van der Waals surface area contributed by atoms with Gasteiger partial charge in [-0.3, -0.25) is 14.4 Å². The minimum atomic E-state index is -0.712. The van der Waals surface area contributed by atoms with Gasteiger partial charge in [-0.25, -0.2) is 9.37 Å². The summed E-state index contributed by atoms with van der Waals surface area (Å²) in [5, 5.41) is 6.08. The lowest BCUT2D eigenvalue weighted by Gasteiger charge is -2.22. The molecular formula is C24H26FN5O3S. The van der Waals surface area contributed by atoms with Crippen LogP contribution in [0.4, 0.5) is 15.2 Å². The summed E-state index contributed by atoms with van der Waals surface area (Å²) in [6.07, 6.45) is 1.95. The first-order valence-electron chi connectivity index (χ1n) is 10.9. The summed E-state index contributed by atoms with van der Waals surface area (Å²) in [5.41, 5.74) is 9.02. The van der Waals surface area contributed by atoms with Crippen molar-refractivity contribution in [3.8, 4) is 0 Å². The normalized spacial score (nSPS) is 15.0. The van der Waals surface area contributed by atoms with Crippen LogP contribution >= 0.6 is 11.3 Å². The predicted molar refractivity (Wildman–Crippen MR) is 129 cm³/mol. The summed E-state index contributed by atoms with van der Waals surface area (Å²) in [6.45, 7) is 4.96. The lowest BCUT2D eigenvalue weighted by molar-refractivity contribution is -0.117. The first kappa shape index (κ1) is 23.6. The molecule has 2 aromatic heterocycles. The van der Waals surface area contributed by atoms with Crippen molar-refractivity contribution < 1.29 is 18.8 Å². The van der Waals surface area contributed by atoms with Crippen molar-refractivity contribution in [3.05, 3.63) is 62.7 Å². The van der Waals surface area contributed by atoms with E-state index >= 15 is 0 Å². The van der Waals surface area contributed by atoms with Gasteiger partial charge in [0.25, 0.3) is 17.6 Å². The Kier molecular flexibility index (Phi) is 6.26. The molecule has 0 bridgehead atoms. The third kappa shape index (κ3) is 4.33. The summed E-state index contributed by atoms with van der Waals surface area (Å²) in [4.78, 5) is 44.3. The fraction of sp³-hybridized carbons (Fsp3) is 0.333. The van der Waals surface area contributed by atoms with E-state index in [0.717, 1.165) is 10.6 Å². The molecule has 1 aliphatic rings. The molecule has 4 N–H and O–H groups in total. The molecule has 0 saturated carbocycles. The predicted octanol–water partition coefficient (Wildman–Crippen LogP) is 3.24. The van der Waals surface area contributed by atoms with E-state index in [1.165, 1.54) is 29.5 Å². The van der Waals surface area contributed by atoms with E-state index in [2.05, 4.69) is 15.6 Å². The largest absolute Gasteiger partial charge is 0.375 e. The minimum Gasteiger partial charge on any atom is -0.375 e. The highest BCUT2D eigenvalue weighted by atomic mass is 32.1. The zero-order valence-electron chi connectivity index (χ0n) is 19.4. The molecule has 2 heterocycles. The zero-order chi connectivity index (χ0) is 24.7. The molecule has 178 valence electrons. The van der Waals surface area contributed by atoms with Gasteiger partial charge in [0.05, 0.1) is 17.0 Å². The van der Waals surface area contributed by atoms with Gasteiger partial charge in [0.15, 0.2) is 5.13 Å². The number of nitrogen functional groups attached to an aromatic ring is 1. The number of aromatic nitrogens is 2. The number of amides is 2. The number of aryl methyl sites for hydroxylation is 2. The molecule has 0 unspecified atom stereocenters. The lowest BCUT2D eigenvalue weighted by atomic mass is 9.97. The molecule has 0 spiro atoms. The van der Waals surface area contributed by atoms with Crippen molar-refractivity contribution in [2.45, 2.75) is 46.1 Å². The van der Waals surface area contributed by atoms with Gasteiger partial charge in [0.1, 0.15) is 5.82 Å². The maximum atomic E-state index is 13.6. The quantitative estimate of drug-likeness (QED) is 0.380. The maximum absolute atomic E-state index is 13.6. The number of hydrogen-bond acceptors (Lipinski definition) is 6. The topological polar surface area (TPSA) is 119 Å². The molecule has 1 atom stereocenters. The fourth-order valence-electron chi connectivity index (χ4n) is 4.43. The summed E-state index contributed by atoms with van der Waals surface area (Å²) < 4.78 is 15.1. The van der Waals surface area contributed by atoms with Crippen LogP contribution < -0.4 is 16.4 Å². The smallest absolute Gasteiger partial charge is 0.294 e. The van der Waals surface area contributed by atoms with Crippen molar-refractivity contribution in [3.63, 3.8) is 0 Å². The highest BCUT2D eigenvalue weighted by Crippen LogP contribution is 2.28. The summed E-state index contributed by atoms with van der Waals surface area (Å²) in [5.74, 6) is -2.21. The highest BCUT2D eigenvalue weighted by Gasteiger charge is 2.31. The van der Waals surface area contributed by atoms with Crippen LogP contribution in [0.1, 0.15) is 54.7 Å². The summed E-state index contributed by atoms with van der Waals surface area (Å²) >= 11 is 1.40.